The summed E-state index contributed by atoms with van der Waals surface area (Å²) in [5.74, 6) is 0. The summed E-state index contributed by atoms with van der Waals surface area (Å²) in [5, 5.41) is 37.2. The van der Waals surface area contributed by atoms with E-state index in [0.717, 1.165) is 0 Å². The van der Waals surface area contributed by atoms with Crippen molar-refractivity contribution in [2.24, 2.45) is 5.73 Å². The second-order valence-electron chi connectivity index (χ2n) is 3.35. The summed E-state index contributed by atoms with van der Waals surface area (Å²) in [5.41, 5.74) is 5.21. The first-order chi connectivity index (χ1) is 7.11. The third-order valence-electron chi connectivity index (χ3n) is 2.27. The molecule has 7 nitrogen and oxygen atoms in total. The number of nitrogens with two attached hydrogens (primary N) is 1. The average Bonchev–Trinajstić information content (AvgIpc) is 2.23. The van der Waals surface area contributed by atoms with E-state index in [1.54, 1.807) is 0 Å². The summed E-state index contributed by atoms with van der Waals surface area (Å²) >= 11 is 0. The first kappa shape index (κ1) is 12.8. The minimum atomic E-state index is -1.48. The maximum absolute atomic E-state index is 9.62. The normalized spacial score (nSPS) is 41.8. The lowest BCUT2D eigenvalue weighted by Crippen LogP contribution is -2.59. The van der Waals surface area contributed by atoms with E-state index in [0.29, 0.717) is 0 Å². The fraction of sp³-hybridized carbons (Fsp3) is 1.00. The van der Waals surface area contributed by atoms with Crippen LogP contribution in [0.15, 0.2) is 0 Å². The van der Waals surface area contributed by atoms with Crippen molar-refractivity contribution < 1.29 is 29.9 Å². The molecule has 1 heterocycles. The second-order valence-corrected chi connectivity index (χ2v) is 3.35. The highest BCUT2D eigenvalue weighted by molar-refractivity contribution is 4.89. The van der Waals surface area contributed by atoms with Gasteiger partial charge in [0.25, 0.3) is 0 Å². The van der Waals surface area contributed by atoms with Crippen LogP contribution in [0.5, 0.6) is 0 Å². The summed E-state index contributed by atoms with van der Waals surface area (Å²) in [4.78, 5) is 0. The van der Waals surface area contributed by atoms with Gasteiger partial charge >= 0.3 is 0 Å². The predicted octanol–water partition coefficient (Wildman–Crippen LogP) is -3.24. The third kappa shape index (κ3) is 2.85. The van der Waals surface area contributed by atoms with Crippen LogP contribution < -0.4 is 5.73 Å². The lowest BCUT2D eigenvalue weighted by molar-refractivity contribution is -0.294. The second kappa shape index (κ2) is 5.71. The molecule has 0 aromatic rings. The summed E-state index contributed by atoms with van der Waals surface area (Å²) < 4.78 is 9.85. The highest BCUT2D eigenvalue weighted by Gasteiger charge is 2.44. The molecular weight excluding hydrogens is 206 g/mol. The lowest BCUT2D eigenvalue weighted by Gasteiger charge is -2.39. The predicted molar refractivity (Wildman–Crippen MR) is 48.8 cm³/mol. The van der Waals surface area contributed by atoms with Crippen molar-refractivity contribution in [1.82, 2.24) is 0 Å². The minimum Gasteiger partial charge on any atom is -0.394 e. The molecule has 15 heavy (non-hydrogen) atoms. The van der Waals surface area contributed by atoms with Crippen LogP contribution in [-0.4, -0.2) is 70.9 Å². The number of aliphatic hydroxyl groups excluding tert-OH is 4. The van der Waals surface area contributed by atoms with Gasteiger partial charge < -0.3 is 35.6 Å². The molecule has 6 N–H and O–H groups in total. The molecule has 0 bridgehead atoms. The zero-order chi connectivity index (χ0) is 11.4. The topological polar surface area (TPSA) is 125 Å². The minimum absolute atomic E-state index is 0.143. The van der Waals surface area contributed by atoms with Crippen molar-refractivity contribution in [1.29, 1.82) is 0 Å². The monoisotopic (exact) mass is 223 g/mol. The Labute approximate surface area is 87.0 Å². The Morgan fingerprint density at radius 3 is 2.40 bits per heavy atom. The van der Waals surface area contributed by atoms with Crippen molar-refractivity contribution in [2.45, 2.75) is 30.7 Å². The van der Waals surface area contributed by atoms with Crippen molar-refractivity contribution in [3.63, 3.8) is 0 Å². The van der Waals surface area contributed by atoms with Gasteiger partial charge in [-0.1, -0.05) is 0 Å². The number of aliphatic hydroxyl groups is 4. The van der Waals surface area contributed by atoms with E-state index < -0.39 is 37.3 Å². The van der Waals surface area contributed by atoms with Gasteiger partial charge in [-0.2, -0.15) is 0 Å². The van der Waals surface area contributed by atoms with Crippen molar-refractivity contribution in [3.05, 3.63) is 0 Å². The maximum atomic E-state index is 9.62. The van der Waals surface area contributed by atoms with Gasteiger partial charge in [-0.25, -0.2) is 0 Å². The van der Waals surface area contributed by atoms with Gasteiger partial charge in [-0.3, -0.25) is 0 Å². The zero-order valence-electron chi connectivity index (χ0n) is 8.19. The van der Waals surface area contributed by atoms with Crippen LogP contribution in [0.2, 0.25) is 0 Å². The van der Waals surface area contributed by atoms with Gasteiger partial charge in [0.15, 0.2) is 6.29 Å². The highest BCUT2D eigenvalue weighted by Crippen LogP contribution is 2.21. The van der Waals surface area contributed by atoms with Crippen molar-refractivity contribution in [2.75, 3.05) is 19.8 Å². The quantitative estimate of drug-likeness (QED) is 0.339. The van der Waals surface area contributed by atoms with Gasteiger partial charge in [-0.15, -0.1) is 0 Å². The molecule has 0 aromatic carbocycles. The fourth-order valence-electron chi connectivity index (χ4n) is 1.47. The molecule has 5 atom stereocenters. The number of hydrogen-bond acceptors (Lipinski definition) is 7. The van der Waals surface area contributed by atoms with Crippen molar-refractivity contribution >= 4 is 0 Å². The van der Waals surface area contributed by atoms with Crippen LogP contribution in [0.25, 0.3) is 0 Å². The van der Waals surface area contributed by atoms with Crippen LogP contribution in [0.1, 0.15) is 0 Å². The molecule has 0 unspecified atom stereocenters. The molecule has 1 rings (SSSR count). The third-order valence-corrected chi connectivity index (χ3v) is 2.27. The standard InChI is InChI=1S/C8H17NO6/c9-1-2-14-7-5(11)4(3-10)15-8(13)6(7)12/h4-8,10-13H,1-3,9H2/t4-,5+,6-,7+,8+/m1/s1. The van der Waals surface area contributed by atoms with Crippen LogP contribution in [0, 0.1) is 0 Å². The largest absolute Gasteiger partial charge is 0.394 e. The Kier molecular flexibility index (Phi) is 4.87. The fourth-order valence-corrected chi connectivity index (χ4v) is 1.47. The van der Waals surface area contributed by atoms with Crippen molar-refractivity contribution in [3.8, 4) is 0 Å². The first-order valence-corrected chi connectivity index (χ1v) is 4.74. The molecule has 0 saturated carbocycles. The molecule has 1 fully saturated rings. The number of rotatable bonds is 4. The van der Waals surface area contributed by atoms with E-state index in [1.807, 2.05) is 0 Å². The average molecular weight is 223 g/mol. The number of hydrogen-bond donors (Lipinski definition) is 5. The summed E-state index contributed by atoms with van der Waals surface area (Å²) in [6, 6.07) is 0. The molecule has 0 spiro atoms. The molecule has 7 heteroatoms. The van der Waals surface area contributed by atoms with E-state index in [2.05, 4.69) is 0 Å². The molecule has 0 radical (unpaired) electrons. The van der Waals surface area contributed by atoms with Gasteiger partial charge in [-0.05, 0) is 0 Å². The van der Waals surface area contributed by atoms with E-state index in [4.69, 9.17) is 20.3 Å². The van der Waals surface area contributed by atoms with Crippen LogP contribution in [0.3, 0.4) is 0 Å². The Hall–Kier alpha value is -0.280. The maximum Gasteiger partial charge on any atom is 0.184 e. The molecule has 0 aliphatic carbocycles. The first-order valence-electron chi connectivity index (χ1n) is 4.74. The Morgan fingerprint density at radius 2 is 1.87 bits per heavy atom. The number of ether oxygens (including phenoxy) is 2. The lowest BCUT2D eigenvalue weighted by atomic mass is 9.99. The smallest absolute Gasteiger partial charge is 0.184 e. The van der Waals surface area contributed by atoms with Crippen LogP contribution in [-0.2, 0) is 9.47 Å². The van der Waals surface area contributed by atoms with E-state index >= 15 is 0 Å². The summed E-state index contributed by atoms with van der Waals surface area (Å²) in [6.07, 6.45) is -6.00. The highest BCUT2D eigenvalue weighted by atomic mass is 16.6. The van der Waals surface area contributed by atoms with Crippen LogP contribution in [0.4, 0.5) is 0 Å². The van der Waals surface area contributed by atoms with Gasteiger partial charge in [0.05, 0.1) is 13.2 Å². The summed E-state index contributed by atoms with van der Waals surface area (Å²) in [6.45, 7) is -0.0895. The molecule has 90 valence electrons. The van der Waals surface area contributed by atoms with E-state index in [9.17, 15) is 15.3 Å². The van der Waals surface area contributed by atoms with E-state index in [-0.39, 0.29) is 13.2 Å². The zero-order valence-corrected chi connectivity index (χ0v) is 8.19. The molecule has 1 aliphatic rings. The summed E-state index contributed by atoms with van der Waals surface area (Å²) in [7, 11) is 0. The Balaban J connectivity index is 2.62. The molecule has 1 saturated heterocycles. The van der Waals surface area contributed by atoms with Gasteiger partial charge in [0, 0.05) is 6.54 Å². The van der Waals surface area contributed by atoms with E-state index in [1.165, 1.54) is 0 Å². The molecular formula is C8H17NO6. The Morgan fingerprint density at radius 1 is 1.20 bits per heavy atom. The SMILES string of the molecule is NCCO[C@@H]1[C@@H](O)[C@@H](O)O[C@H](CO)[C@@H]1O. The van der Waals surface area contributed by atoms with Crippen LogP contribution >= 0.6 is 0 Å². The van der Waals surface area contributed by atoms with Gasteiger partial charge in [0.2, 0.25) is 0 Å². The molecule has 0 aromatic heterocycles. The Bertz CT molecular complexity index is 192. The molecule has 0 amide bonds. The molecule has 1 aliphatic heterocycles. The van der Waals surface area contributed by atoms with Gasteiger partial charge in [0.1, 0.15) is 24.4 Å².